The van der Waals surface area contributed by atoms with Crippen molar-refractivity contribution in [2.24, 2.45) is 0 Å². The van der Waals surface area contributed by atoms with Crippen molar-refractivity contribution in [1.29, 1.82) is 0 Å². The lowest BCUT2D eigenvalue weighted by atomic mass is 10.0. The zero-order chi connectivity index (χ0) is 14.5. The lowest BCUT2D eigenvalue weighted by molar-refractivity contribution is 0.262. The van der Waals surface area contributed by atoms with Crippen LogP contribution < -0.4 is 10.6 Å². The van der Waals surface area contributed by atoms with E-state index in [2.05, 4.69) is 24.5 Å². The van der Waals surface area contributed by atoms with Crippen LogP contribution in [0.4, 0.5) is 16.2 Å². The molecule has 20 heavy (non-hydrogen) atoms. The Bertz CT molecular complexity index is 609. The van der Waals surface area contributed by atoms with E-state index >= 15 is 0 Å². The van der Waals surface area contributed by atoms with Gasteiger partial charge in [-0.25, -0.2) is 4.79 Å². The van der Waals surface area contributed by atoms with Crippen LogP contribution in [0.5, 0.6) is 5.75 Å². The number of hydrogen-bond acceptors (Lipinski definition) is 2. The van der Waals surface area contributed by atoms with Crippen LogP contribution in [0.3, 0.4) is 0 Å². The number of nitrogens with one attached hydrogen (secondary N) is 2. The van der Waals surface area contributed by atoms with Gasteiger partial charge in [0.15, 0.2) is 0 Å². The van der Waals surface area contributed by atoms with E-state index in [1.54, 1.807) is 18.2 Å². The summed E-state index contributed by atoms with van der Waals surface area (Å²) in [4.78, 5) is 12.0. The van der Waals surface area contributed by atoms with Crippen LogP contribution in [0, 0.1) is 0 Å². The van der Waals surface area contributed by atoms with Crippen molar-refractivity contribution >= 4 is 17.4 Å². The van der Waals surface area contributed by atoms with Crippen molar-refractivity contribution in [3.05, 3.63) is 54.1 Å². The number of para-hydroxylation sites is 3. The monoisotopic (exact) mass is 270 g/mol. The first-order chi connectivity index (χ1) is 9.58. The van der Waals surface area contributed by atoms with E-state index in [1.165, 1.54) is 6.07 Å². The summed E-state index contributed by atoms with van der Waals surface area (Å²) in [6, 6.07) is 13.9. The summed E-state index contributed by atoms with van der Waals surface area (Å²) in [7, 11) is 0. The maximum atomic E-state index is 12.0. The highest BCUT2D eigenvalue weighted by molar-refractivity contribution is 6.01. The van der Waals surface area contributed by atoms with E-state index in [0.717, 1.165) is 11.3 Å². The van der Waals surface area contributed by atoms with E-state index in [0.29, 0.717) is 11.6 Å². The van der Waals surface area contributed by atoms with Crippen LogP contribution >= 0.6 is 0 Å². The molecule has 4 nitrogen and oxygen atoms in total. The Hall–Kier alpha value is -2.49. The van der Waals surface area contributed by atoms with Crippen LogP contribution in [0.2, 0.25) is 0 Å². The number of anilines is 2. The van der Waals surface area contributed by atoms with Gasteiger partial charge < -0.3 is 15.7 Å². The first kappa shape index (κ1) is 13.9. The number of carbonyl (C=O) groups is 1. The molecule has 0 aliphatic rings. The van der Waals surface area contributed by atoms with Crippen LogP contribution in [-0.2, 0) is 0 Å². The maximum Gasteiger partial charge on any atom is 0.323 e. The molecule has 2 aromatic rings. The Labute approximate surface area is 118 Å². The highest BCUT2D eigenvalue weighted by atomic mass is 16.3. The summed E-state index contributed by atoms with van der Waals surface area (Å²) in [6.07, 6.45) is 0. The van der Waals surface area contributed by atoms with E-state index in [1.807, 2.05) is 24.3 Å². The number of carbonyl (C=O) groups excluding carboxylic acids is 1. The number of amides is 2. The normalized spacial score (nSPS) is 10.3. The van der Waals surface area contributed by atoms with Crippen molar-refractivity contribution in [3.8, 4) is 5.75 Å². The highest BCUT2D eigenvalue weighted by Crippen LogP contribution is 2.25. The van der Waals surface area contributed by atoms with Gasteiger partial charge in [-0.2, -0.15) is 0 Å². The zero-order valence-electron chi connectivity index (χ0n) is 11.6. The van der Waals surface area contributed by atoms with Gasteiger partial charge in [0.25, 0.3) is 0 Å². The molecule has 2 amide bonds. The molecule has 0 aliphatic heterocycles. The smallest absolute Gasteiger partial charge is 0.323 e. The van der Waals surface area contributed by atoms with Crippen LogP contribution in [-0.4, -0.2) is 11.1 Å². The first-order valence-electron chi connectivity index (χ1n) is 6.53. The molecule has 0 unspecified atom stereocenters. The summed E-state index contributed by atoms with van der Waals surface area (Å²) < 4.78 is 0. The molecule has 2 rings (SSSR count). The van der Waals surface area contributed by atoms with E-state index < -0.39 is 0 Å². The topological polar surface area (TPSA) is 61.4 Å². The third-order valence-electron chi connectivity index (χ3n) is 2.98. The molecule has 0 radical (unpaired) electrons. The van der Waals surface area contributed by atoms with Crippen molar-refractivity contribution in [2.45, 2.75) is 19.8 Å². The number of rotatable bonds is 3. The van der Waals surface area contributed by atoms with E-state index in [9.17, 15) is 9.90 Å². The number of benzene rings is 2. The standard InChI is InChI=1S/C16H18N2O2/c1-11(2)12-7-3-4-8-13(12)17-16(20)18-14-9-5-6-10-15(14)19/h3-11,19H,1-2H3,(H2,17,18,20). The molecule has 3 N–H and O–H groups in total. The van der Waals surface area contributed by atoms with Gasteiger partial charge in [0.05, 0.1) is 5.69 Å². The Morgan fingerprint density at radius 1 is 0.950 bits per heavy atom. The predicted octanol–water partition coefficient (Wildman–Crippen LogP) is 4.16. The molecule has 4 heteroatoms. The highest BCUT2D eigenvalue weighted by Gasteiger charge is 2.10. The Kier molecular flexibility index (Phi) is 4.25. The van der Waals surface area contributed by atoms with Crippen molar-refractivity contribution in [3.63, 3.8) is 0 Å². The zero-order valence-corrected chi connectivity index (χ0v) is 11.6. The van der Waals surface area contributed by atoms with Gasteiger partial charge in [-0.15, -0.1) is 0 Å². The molecule has 0 bridgehead atoms. The lowest BCUT2D eigenvalue weighted by Gasteiger charge is -2.14. The summed E-state index contributed by atoms with van der Waals surface area (Å²) >= 11 is 0. The number of urea groups is 1. The quantitative estimate of drug-likeness (QED) is 0.733. The minimum atomic E-state index is -0.375. The average Bonchev–Trinajstić information content (AvgIpc) is 2.41. The fourth-order valence-corrected chi connectivity index (χ4v) is 1.97. The minimum absolute atomic E-state index is 0.0415. The molecule has 0 heterocycles. The largest absolute Gasteiger partial charge is 0.506 e. The maximum absolute atomic E-state index is 12.0. The molecule has 0 aliphatic carbocycles. The number of hydrogen-bond donors (Lipinski definition) is 3. The van der Waals surface area contributed by atoms with Gasteiger partial charge in [-0.05, 0) is 29.7 Å². The Morgan fingerprint density at radius 2 is 1.50 bits per heavy atom. The summed E-state index contributed by atoms with van der Waals surface area (Å²) in [5, 5.41) is 15.1. The molecule has 0 atom stereocenters. The molecule has 0 saturated heterocycles. The van der Waals surface area contributed by atoms with Crippen LogP contribution in [0.1, 0.15) is 25.3 Å². The second kappa shape index (κ2) is 6.10. The van der Waals surface area contributed by atoms with Gasteiger partial charge in [0, 0.05) is 5.69 Å². The number of phenolic OH excluding ortho intramolecular Hbond substituents is 1. The summed E-state index contributed by atoms with van der Waals surface area (Å²) in [5.74, 6) is 0.358. The molecular weight excluding hydrogens is 252 g/mol. The van der Waals surface area contributed by atoms with Crippen molar-refractivity contribution in [2.75, 3.05) is 10.6 Å². The van der Waals surface area contributed by atoms with Gasteiger partial charge in [-0.3, -0.25) is 0 Å². The molecule has 0 aromatic heterocycles. The van der Waals surface area contributed by atoms with Crippen LogP contribution in [0.15, 0.2) is 48.5 Å². The number of phenols is 1. The average molecular weight is 270 g/mol. The second-order valence-corrected chi connectivity index (χ2v) is 4.84. The van der Waals surface area contributed by atoms with Gasteiger partial charge in [0.1, 0.15) is 5.75 Å². The van der Waals surface area contributed by atoms with Crippen LogP contribution in [0.25, 0.3) is 0 Å². The second-order valence-electron chi connectivity index (χ2n) is 4.84. The summed E-state index contributed by atoms with van der Waals surface area (Å²) in [6.45, 7) is 4.14. The third kappa shape index (κ3) is 3.29. The molecular formula is C16H18N2O2. The van der Waals surface area contributed by atoms with Gasteiger partial charge >= 0.3 is 6.03 Å². The molecule has 0 fully saturated rings. The van der Waals surface area contributed by atoms with Crippen molar-refractivity contribution in [1.82, 2.24) is 0 Å². The Balaban J connectivity index is 2.11. The molecule has 2 aromatic carbocycles. The minimum Gasteiger partial charge on any atom is -0.506 e. The molecule has 0 spiro atoms. The Morgan fingerprint density at radius 3 is 2.15 bits per heavy atom. The fraction of sp³-hybridized carbons (Fsp3) is 0.188. The lowest BCUT2D eigenvalue weighted by Crippen LogP contribution is -2.20. The third-order valence-corrected chi connectivity index (χ3v) is 2.98. The van der Waals surface area contributed by atoms with E-state index in [-0.39, 0.29) is 11.8 Å². The van der Waals surface area contributed by atoms with Crippen molar-refractivity contribution < 1.29 is 9.90 Å². The fourth-order valence-electron chi connectivity index (χ4n) is 1.97. The van der Waals surface area contributed by atoms with Gasteiger partial charge in [-0.1, -0.05) is 44.2 Å². The summed E-state index contributed by atoms with van der Waals surface area (Å²) in [5.41, 5.74) is 2.22. The molecule has 104 valence electrons. The van der Waals surface area contributed by atoms with E-state index in [4.69, 9.17) is 0 Å². The first-order valence-corrected chi connectivity index (χ1v) is 6.53. The predicted molar refractivity (Wildman–Crippen MR) is 81.3 cm³/mol. The molecule has 0 saturated carbocycles. The number of aromatic hydroxyl groups is 1. The SMILES string of the molecule is CC(C)c1ccccc1NC(=O)Nc1ccccc1O. The van der Waals surface area contributed by atoms with Gasteiger partial charge in [0.2, 0.25) is 0 Å².